The van der Waals surface area contributed by atoms with E-state index in [0.29, 0.717) is 21.2 Å². The van der Waals surface area contributed by atoms with Gasteiger partial charge in [0.1, 0.15) is 0 Å². The summed E-state index contributed by atoms with van der Waals surface area (Å²) in [7, 11) is -10.3. The van der Waals surface area contributed by atoms with Crippen molar-refractivity contribution < 1.29 is 38.1 Å². The van der Waals surface area contributed by atoms with Crippen molar-refractivity contribution in [3.05, 3.63) is 119 Å². The first kappa shape index (κ1) is 46.1. The molecule has 0 aromatic heterocycles. The Labute approximate surface area is 336 Å². The zero-order chi connectivity index (χ0) is 41.0. The predicted octanol–water partition coefficient (Wildman–Crippen LogP) is 8.97. The number of hydrogen-bond donors (Lipinski definition) is 4. The quantitative estimate of drug-likeness (QED) is 0.0434. The fourth-order valence-corrected chi connectivity index (χ4v) is 13.7. The molecule has 4 aromatic rings. The van der Waals surface area contributed by atoms with E-state index in [1.807, 2.05) is 72.8 Å². The monoisotopic (exact) mass is 810 g/mol. The fraction of sp³-hybridized carbons (Fsp3) is 0.478. The zero-order valence-electron chi connectivity index (χ0n) is 34.9. The Morgan fingerprint density at radius 2 is 0.589 bits per heavy atom. The van der Waals surface area contributed by atoms with Gasteiger partial charge >= 0.3 is 338 Å². The van der Waals surface area contributed by atoms with E-state index in [2.05, 4.69) is 55.4 Å². The van der Waals surface area contributed by atoms with Crippen molar-refractivity contribution in [3.63, 3.8) is 0 Å². The van der Waals surface area contributed by atoms with E-state index in [9.17, 15) is 19.6 Å². The molecule has 0 amide bonds. The van der Waals surface area contributed by atoms with Crippen LogP contribution in [0.1, 0.15) is 127 Å². The maximum absolute atomic E-state index is 12.7. The predicted molar refractivity (Wildman–Crippen MR) is 235 cm³/mol. The summed E-state index contributed by atoms with van der Waals surface area (Å²) in [5.74, 6) is 0.360. The van der Waals surface area contributed by atoms with Crippen molar-refractivity contribution in [2.75, 3.05) is 39.6 Å². The third kappa shape index (κ3) is 9.98. The molecule has 4 aromatic carbocycles. The molecule has 0 saturated carbocycles. The summed E-state index contributed by atoms with van der Waals surface area (Å²) < 4.78 is 24.4. The summed E-state index contributed by atoms with van der Waals surface area (Å²) in [5, 5.41) is 1.71. The molecule has 8 nitrogen and oxygen atoms in total. The van der Waals surface area contributed by atoms with Gasteiger partial charge in [-0.25, -0.2) is 0 Å². The van der Waals surface area contributed by atoms with E-state index in [-0.39, 0.29) is 63.3 Å². The van der Waals surface area contributed by atoms with Gasteiger partial charge in [-0.05, 0) is 0 Å². The molecule has 0 radical (unpaired) electrons. The van der Waals surface area contributed by atoms with Crippen molar-refractivity contribution in [3.8, 4) is 0 Å². The van der Waals surface area contributed by atoms with Gasteiger partial charge in [0.15, 0.2) is 0 Å². The normalized spacial score (nSPS) is 15.9. The van der Waals surface area contributed by atoms with Crippen LogP contribution in [-0.4, -0.2) is 59.2 Å². The van der Waals surface area contributed by atoms with E-state index >= 15 is 0 Å². The molecule has 4 atom stereocenters. The van der Waals surface area contributed by atoms with Gasteiger partial charge < -0.3 is 0 Å². The molecule has 0 bridgehead atoms. The van der Waals surface area contributed by atoms with Crippen LogP contribution in [0.25, 0.3) is 0 Å². The summed E-state index contributed by atoms with van der Waals surface area (Å²) in [5.41, 5.74) is 3.44. The second-order valence-corrected chi connectivity index (χ2v) is 21.5. The average Bonchev–Trinajstić information content (AvgIpc) is 3.23. The first-order valence-electron chi connectivity index (χ1n) is 20.5. The Balaban J connectivity index is 1.45. The molecule has 0 saturated heterocycles. The van der Waals surface area contributed by atoms with Crippen molar-refractivity contribution >= 4 is 35.8 Å². The SMILES string of the molecule is CCC(C)c1ccccc1P(O)(O)(OCCOCCOCCOP(O)(O)(c1ccccc1C(C)CC)c1ccccc1C(C)CC)c1ccccc1C(C)CC. The van der Waals surface area contributed by atoms with Crippen LogP contribution in [0.4, 0.5) is 0 Å². The number of benzene rings is 4. The van der Waals surface area contributed by atoms with Gasteiger partial charge in [0.25, 0.3) is 0 Å². The summed E-state index contributed by atoms with van der Waals surface area (Å²) in [6.07, 6.45) is 3.34. The molecule has 10 heteroatoms. The third-order valence-electron chi connectivity index (χ3n) is 11.6. The Morgan fingerprint density at radius 1 is 0.375 bits per heavy atom. The Kier molecular flexibility index (Phi) is 16.4. The number of hydrogen-bond acceptors (Lipinski definition) is 8. The topological polar surface area (TPSA) is 118 Å². The van der Waals surface area contributed by atoms with Crippen LogP contribution in [0.3, 0.4) is 0 Å². The van der Waals surface area contributed by atoms with E-state index < -0.39 is 14.6 Å². The molecule has 0 heterocycles. The van der Waals surface area contributed by atoms with Gasteiger partial charge in [0.05, 0.1) is 0 Å². The van der Waals surface area contributed by atoms with Crippen LogP contribution in [-0.2, 0) is 18.5 Å². The molecule has 56 heavy (non-hydrogen) atoms. The molecule has 310 valence electrons. The molecule has 4 rings (SSSR count). The molecule has 0 aliphatic carbocycles. The van der Waals surface area contributed by atoms with Crippen molar-refractivity contribution in [1.29, 1.82) is 0 Å². The summed E-state index contributed by atoms with van der Waals surface area (Å²) in [4.78, 5) is 50.7. The zero-order valence-corrected chi connectivity index (χ0v) is 36.7. The van der Waals surface area contributed by atoms with Crippen molar-refractivity contribution in [1.82, 2.24) is 0 Å². The molecular weight excluding hydrogens is 742 g/mol. The fourth-order valence-electron chi connectivity index (χ4n) is 7.36. The van der Waals surface area contributed by atoms with Gasteiger partial charge in [0.2, 0.25) is 0 Å². The second kappa shape index (κ2) is 19.9. The van der Waals surface area contributed by atoms with Gasteiger partial charge in [-0.3, -0.25) is 0 Å². The van der Waals surface area contributed by atoms with E-state index in [1.165, 1.54) is 0 Å². The average molecular weight is 811 g/mol. The standard InChI is InChI=1S/C46H68O8P2/c1-9-35(5)39-21-13-17-25-43(39)55(47,48,44-26-18-14-22-40(44)36(6)10-2)53-33-31-51-29-30-52-32-34-54-56(49,50,45-27-19-15-23-41(45)37(7)11-3)46-28-20-16-24-42(46)38(8)12-4/h13-28,35-38,47-50H,9-12,29-34H2,1-8H3. The Bertz CT molecular complexity index is 1600. The summed E-state index contributed by atoms with van der Waals surface area (Å²) >= 11 is 0. The molecular formula is C46H68O8P2. The minimum absolute atomic E-state index is 0.0492. The van der Waals surface area contributed by atoms with Gasteiger partial charge in [-0.1, -0.05) is 0 Å². The van der Waals surface area contributed by atoms with Crippen LogP contribution < -0.4 is 21.2 Å². The second-order valence-electron chi connectivity index (χ2n) is 15.3. The maximum atomic E-state index is 12.7. The molecule has 0 fully saturated rings. The number of rotatable bonds is 23. The van der Waals surface area contributed by atoms with Gasteiger partial charge in [-0.15, -0.1) is 0 Å². The molecule has 0 aliphatic heterocycles. The van der Waals surface area contributed by atoms with Gasteiger partial charge in [-0.2, -0.15) is 0 Å². The van der Waals surface area contributed by atoms with Crippen molar-refractivity contribution in [2.24, 2.45) is 0 Å². The van der Waals surface area contributed by atoms with Crippen LogP contribution in [0.5, 0.6) is 0 Å². The molecule has 4 N–H and O–H groups in total. The summed E-state index contributed by atoms with van der Waals surface area (Å²) in [6, 6.07) is 30.0. The van der Waals surface area contributed by atoms with Gasteiger partial charge in [0, 0.05) is 0 Å². The van der Waals surface area contributed by atoms with E-state index in [1.54, 1.807) is 24.3 Å². The van der Waals surface area contributed by atoms with E-state index in [4.69, 9.17) is 18.5 Å². The Hall–Kier alpha value is -2.58. The summed E-state index contributed by atoms with van der Waals surface area (Å²) in [6.45, 7) is 17.3. The van der Waals surface area contributed by atoms with Crippen LogP contribution >= 0.6 is 14.6 Å². The third-order valence-corrected chi connectivity index (χ3v) is 18.0. The Morgan fingerprint density at radius 3 is 0.821 bits per heavy atom. The van der Waals surface area contributed by atoms with E-state index in [0.717, 1.165) is 47.9 Å². The molecule has 4 unspecified atom stereocenters. The first-order valence-corrected chi connectivity index (χ1v) is 24.6. The first-order chi connectivity index (χ1) is 26.7. The van der Waals surface area contributed by atoms with Crippen LogP contribution in [0, 0.1) is 0 Å². The molecule has 0 spiro atoms. The minimum atomic E-state index is -5.13. The van der Waals surface area contributed by atoms with Crippen LogP contribution in [0.15, 0.2) is 97.1 Å². The molecule has 0 aliphatic rings. The van der Waals surface area contributed by atoms with Crippen LogP contribution in [0.2, 0.25) is 0 Å². The van der Waals surface area contributed by atoms with Crippen molar-refractivity contribution in [2.45, 2.75) is 105 Å². The number of ether oxygens (including phenoxy) is 2.